The molecule has 1 aromatic heterocycles. The van der Waals surface area contributed by atoms with E-state index in [-0.39, 0.29) is 5.84 Å². The molecule has 9 nitrogen and oxygen atoms in total. The number of carbonyl (C=O) groups is 2. The number of unbranched alkanes of at least 4 members (excludes halogenated alkanes) is 1. The number of esters is 1. The molecule has 0 atom stereocenters. The average Bonchev–Trinajstić information content (AvgIpc) is 2.82. The van der Waals surface area contributed by atoms with Gasteiger partial charge in [0.2, 0.25) is 0 Å². The molecular formula is C27H36N4O5. The molecule has 0 saturated heterocycles. The van der Waals surface area contributed by atoms with Crippen LogP contribution in [0.3, 0.4) is 0 Å². The van der Waals surface area contributed by atoms with Crippen LogP contribution < -0.4 is 4.74 Å². The van der Waals surface area contributed by atoms with E-state index in [2.05, 4.69) is 21.9 Å². The molecule has 0 radical (unpaired) electrons. The second kappa shape index (κ2) is 12.8. The van der Waals surface area contributed by atoms with Crippen LogP contribution in [0.2, 0.25) is 0 Å². The smallest absolute Gasteiger partial charge is 0.416 e. The van der Waals surface area contributed by atoms with Gasteiger partial charge in [-0.15, -0.1) is 0 Å². The number of hydrogen-bond acceptors (Lipinski definition) is 8. The number of benzene rings is 1. The van der Waals surface area contributed by atoms with Crippen LogP contribution in [0.4, 0.5) is 4.79 Å². The molecule has 0 spiro atoms. The molecule has 2 aromatic rings. The van der Waals surface area contributed by atoms with Crippen LogP contribution >= 0.6 is 0 Å². The molecule has 0 unspecified atom stereocenters. The van der Waals surface area contributed by atoms with Crippen molar-refractivity contribution < 1.29 is 23.8 Å². The van der Waals surface area contributed by atoms with Gasteiger partial charge in [-0.05, 0) is 58.7 Å². The Morgan fingerprint density at radius 1 is 1.11 bits per heavy atom. The van der Waals surface area contributed by atoms with E-state index in [1.807, 2.05) is 32.1 Å². The first-order chi connectivity index (χ1) is 17.0. The third-order valence-corrected chi connectivity index (χ3v) is 5.00. The lowest BCUT2D eigenvalue weighted by atomic mass is 10.0. The second-order valence-corrected chi connectivity index (χ2v) is 9.20. The van der Waals surface area contributed by atoms with Gasteiger partial charge in [0.1, 0.15) is 23.7 Å². The SMILES string of the molecule is CCC/C=C/N=C(\c1cc(-c2ncc(C)cn2)cc(OC)c1C)N(CC(=O)OC)C(=O)OC(C)(C)C. The standard InChI is InChI=1S/C27H36N4O5/c1-9-10-11-12-28-25(31(17-23(32)35-8)26(33)36-27(4,5)6)21-13-20(14-22(34-7)19(21)3)24-29-15-18(2)16-30-24/h11-16H,9-10,17H2,1-8H3/b12-11+,28-25+. The summed E-state index contributed by atoms with van der Waals surface area (Å²) in [5, 5.41) is 0. The van der Waals surface area contributed by atoms with E-state index in [9.17, 15) is 9.59 Å². The molecule has 0 bridgehead atoms. The minimum Gasteiger partial charge on any atom is -0.496 e. The summed E-state index contributed by atoms with van der Waals surface area (Å²) in [5.41, 5.74) is 2.08. The first kappa shape index (κ1) is 28.5. The lowest BCUT2D eigenvalue weighted by Crippen LogP contribution is -2.44. The summed E-state index contributed by atoms with van der Waals surface area (Å²) in [6.07, 6.45) is 7.97. The summed E-state index contributed by atoms with van der Waals surface area (Å²) < 4.78 is 16.1. The molecule has 1 heterocycles. The first-order valence-electron chi connectivity index (χ1n) is 11.8. The average molecular weight is 497 g/mol. The quantitative estimate of drug-likeness (QED) is 0.280. The van der Waals surface area contributed by atoms with Crippen molar-refractivity contribution in [2.24, 2.45) is 4.99 Å². The van der Waals surface area contributed by atoms with Gasteiger partial charge < -0.3 is 14.2 Å². The van der Waals surface area contributed by atoms with E-state index in [1.165, 1.54) is 12.0 Å². The number of ether oxygens (including phenoxy) is 3. The van der Waals surface area contributed by atoms with E-state index < -0.39 is 24.2 Å². The normalized spacial score (nSPS) is 11.9. The van der Waals surface area contributed by atoms with Crippen molar-refractivity contribution in [3.63, 3.8) is 0 Å². The molecule has 0 aliphatic rings. The third kappa shape index (κ3) is 7.90. The number of carbonyl (C=O) groups excluding carboxylic acids is 2. The maximum atomic E-state index is 13.3. The van der Waals surface area contributed by atoms with Crippen LogP contribution in [0.5, 0.6) is 5.75 Å². The maximum Gasteiger partial charge on any atom is 0.416 e. The fourth-order valence-electron chi connectivity index (χ4n) is 3.19. The van der Waals surface area contributed by atoms with Crippen LogP contribution in [0.1, 0.15) is 57.2 Å². The van der Waals surface area contributed by atoms with Gasteiger partial charge in [0.15, 0.2) is 5.82 Å². The van der Waals surface area contributed by atoms with Gasteiger partial charge >= 0.3 is 12.1 Å². The fraction of sp³-hybridized carbons (Fsp3) is 0.444. The van der Waals surface area contributed by atoms with E-state index in [0.717, 1.165) is 24.0 Å². The number of nitrogens with zero attached hydrogens (tertiary/aromatic N) is 4. The van der Waals surface area contributed by atoms with E-state index in [0.29, 0.717) is 22.7 Å². The predicted molar refractivity (Wildman–Crippen MR) is 139 cm³/mol. The number of amides is 1. The molecule has 36 heavy (non-hydrogen) atoms. The largest absolute Gasteiger partial charge is 0.496 e. The van der Waals surface area contributed by atoms with E-state index >= 15 is 0 Å². The Hall–Kier alpha value is -3.75. The van der Waals surface area contributed by atoms with Crippen molar-refractivity contribution in [2.45, 2.75) is 60.0 Å². The summed E-state index contributed by atoms with van der Waals surface area (Å²) in [4.78, 5) is 40.3. The molecule has 0 aliphatic heterocycles. The number of aliphatic imine (C=N–C) groups is 1. The van der Waals surface area contributed by atoms with Crippen molar-refractivity contribution in [1.82, 2.24) is 14.9 Å². The zero-order valence-corrected chi connectivity index (χ0v) is 22.4. The summed E-state index contributed by atoms with van der Waals surface area (Å²) in [5.74, 6) is 0.637. The van der Waals surface area contributed by atoms with Gasteiger partial charge in [-0.25, -0.2) is 24.7 Å². The van der Waals surface area contributed by atoms with E-state index in [4.69, 9.17) is 14.2 Å². The van der Waals surface area contributed by atoms with Crippen LogP contribution in [-0.4, -0.2) is 59.1 Å². The molecule has 0 fully saturated rings. The molecule has 0 aliphatic carbocycles. The number of aryl methyl sites for hydroxylation is 1. The Morgan fingerprint density at radius 2 is 1.78 bits per heavy atom. The number of aromatic nitrogens is 2. The molecule has 1 aromatic carbocycles. The van der Waals surface area contributed by atoms with Crippen molar-refractivity contribution >= 4 is 17.9 Å². The minimum atomic E-state index is -0.793. The van der Waals surface area contributed by atoms with Gasteiger partial charge in [-0.2, -0.15) is 0 Å². The van der Waals surface area contributed by atoms with Gasteiger partial charge in [0, 0.05) is 35.3 Å². The van der Waals surface area contributed by atoms with Gasteiger partial charge in [0.05, 0.1) is 14.2 Å². The number of amidine groups is 1. The molecule has 0 saturated carbocycles. The summed E-state index contributed by atoms with van der Waals surface area (Å²) in [6.45, 7) is 10.7. The van der Waals surface area contributed by atoms with Crippen molar-refractivity contribution in [3.8, 4) is 17.1 Å². The Kier molecular flexibility index (Phi) is 10.1. The molecule has 2 rings (SSSR count). The maximum absolute atomic E-state index is 13.3. The van der Waals surface area contributed by atoms with Crippen LogP contribution in [0, 0.1) is 13.8 Å². The van der Waals surface area contributed by atoms with Crippen LogP contribution in [0.15, 0.2) is 41.8 Å². The Labute approximate surface area is 213 Å². The molecule has 9 heteroatoms. The van der Waals surface area contributed by atoms with Crippen molar-refractivity contribution in [1.29, 1.82) is 0 Å². The molecular weight excluding hydrogens is 460 g/mol. The molecule has 0 N–H and O–H groups in total. The summed E-state index contributed by atoms with van der Waals surface area (Å²) in [6, 6.07) is 3.65. The highest BCUT2D eigenvalue weighted by molar-refractivity contribution is 6.10. The summed E-state index contributed by atoms with van der Waals surface area (Å²) in [7, 11) is 2.82. The van der Waals surface area contributed by atoms with Gasteiger partial charge in [-0.1, -0.05) is 19.4 Å². The second-order valence-electron chi connectivity index (χ2n) is 9.20. The van der Waals surface area contributed by atoms with Crippen LogP contribution in [0.25, 0.3) is 11.4 Å². The number of rotatable bonds is 8. The fourth-order valence-corrected chi connectivity index (χ4v) is 3.19. The number of hydrogen-bond donors (Lipinski definition) is 0. The minimum absolute atomic E-state index is 0.215. The lowest BCUT2D eigenvalue weighted by molar-refractivity contribution is -0.140. The summed E-state index contributed by atoms with van der Waals surface area (Å²) >= 11 is 0. The Balaban J connectivity index is 2.78. The zero-order valence-electron chi connectivity index (χ0n) is 22.4. The predicted octanol–water partition coefficient (Wildman–Crippen LogP) is 5.24. The van der Waals surface area contributed by atoms with Crippen molar-refractivity contribution in [3.05, 3.63) is 53.5 Å². The van der Waals surface area contributed by atoms with Gasteiger partial charge in [0.25, 0.3) is 0 Å². The topological polar surface area (TPSA) is 103 Å². The monoisotopic (exact) mass is 496 g/mol. The molecule has 1 amide bonds. The molecule has 194 valence electrons. The van der Waals surface area contributed by atoms with Gasteiger partial charge in [-0.3, -0.25) is 4.79 Å². The highest BCUT2D eigenvalue weighted by atomic mass is 16.6. The number of methoxy groups -OCH3 is 2. The Morgan fingerprint density at radius 3 is 2.33 bits per heavy atom. The van der Waals surface area contributed by atoms with Crippen molar-refractivity contribution in [2.75, 3.05) is 20.8 Å². The lowest BCUT2D eigenvalue weighted by Gasteiger charge is -2.28. The highest BCUT2D eigenvalue weighted by Crippen LogP contribution is 2.30. The Bertz CT molecular complexity index is 1120. The third-order valence-electron chi connectivity index (χ3n) is 5.00. The van der Waals surface area contributed by atoms with Crippen LogP contribution in [-0.2, 0) is 14.3 Å². The van der Waals surface area contributed by atoms with E-state index in [1.54, 1.807) is 46.5 Å². The highest BCUT2D eigenvalue weighted by Gasteiger charge is 2.30. The number of allylic oxidation sites excluding steroid dienone is 1. The first-order valence-corrected chi connectivity index (χ1v) is 11.8. The zero-order chi connectivity index (χ0) is 26.9.